The molecule has 4 aromatic rings. The van der Waals surface area contributed by atoms with Crippen molar-refractivity contribution in [3.8, 4) is 10.4 Å². The molecule has 2 fully saturated rings. The second-order valence-corrected chi connectivity index (χ2v) is 13.0. The van der Waals surface area contributed by atoms with E-state index in [9.17, 15) is 9.59 Å². The van der Waals surface area contributed by atoms with Crippen LogP contribution in [0.15, 0.2) is 60.0 Å². The first kappa shape index (κ1) is 28.5. The van der Waals surface area contributed by atoms with Gasteiger partial charge in [0.1, 0.15) is 5.60 Å². The van der Waals surface area contributed by atoms with Crippen molar-refractivity contribution in [2.75, 3.05) is 43.5 Å². The highest BCUT2D eigenvalue weighted by Crippen LogP contribution is 2.42. The zero-order chi connectivity index (χ0) is 29.3. The lowest BCUT2D eigenvalue weighted by Crippen LogP contribution is -2.38. The second-order valence-electron chi connectivity index (χ2n) is 12.0. The Labute approximate surface area is 250 Å². The second kappa shape index (κ2) is 11.9. The summed E-state index contributed by atoms with van der Waals surface area (Å²) in [4.78, 5) is 29.7. The summed E-state index contributed by atoms with van der Waals surface area (Å²) >= 11 is 1.62. The molecule has 220 valence electrons. The fourth-order valence-corrected chi connectivity index (χ4v) is 6.15. The van der Waals surface area contributed by atoms with Crippen LogP contribution in [0.1, 0.15) is 55.6 Å². The molecular formula is C33H38N4O4S. The molecule has 2 aliphatic rings. The van der Waals surface area contributed by atoms with Gasteiger partial charge in [0, 0.05) is 53.2 Å². The van der Waals surface area contributed by atoms with Gasteiger partial charge in [0.15, 0.2) is 0 Å². The highest BCUT2D eigenvalue weighted by atomic mass is 32.1. The summed E-state index contributed by atoms with van der Waals surface area (Å²) in [5.41, 5.74) is 4.40. The molecule has 0 radical (unpaired) electrons. The molecule has 2 amide bonds. The molecule has 6 rings (SSSR count). The number of carbonyl (C=O) groups is 2. The van der Waals surface area contributed by atoms with Crippen molar-refractivity contribution in [1.29, 1.82) is 0 Å². The van der Waals surface area contributed by atoms with Gasteiger partial charge in [-0.25, -0.2) is 4.79 Å². The highest BCUT2D eigenvalue weighted by molar-refractivity contribution is 7.13. The third kappa shape index (κ3) is 6.69. The zero-order valence-corrected chi connectivity index (χ0v) is 25.3. The molecule has 0 atom stereocenters. The number of carbonyl (C=O) groups excluding carboxylic acids is 2. The number of benzene rings is 2. The van der Waals surface area contributed by atoms with E-state index >= 15 is 0 Å². The van der Waals surface area contributed by atoms with Gasteiger partial charge >= 0.3 is 6.09 Å². The third-order valence-corrected chi connectivity index (χ3v) is 8.56. The number of anilines is 2. The first-order valence-electron chi connectivity index (χ1n) is 14.7. The van der Waals surface area contributed by atoms with E-state index in [0.29, 0.717) is 22.9 Å². The van der Waals surface area contributed by atoms with Crippen molar-refractivity contribution in [3.63, 3.8) is 0 Å². The molecule has 9 heteroatoms. The number of ether oxygens (including phenoxy) is 2. The number of aromatic nitrogens is 1. The molecule has 0 bridgehead atoms. The van der Waals surface area contributed by atoms with Crippen LogP contribution in [0.25, 0.3) is 21.3 Å². The summed E-state index contributed by atoms with van der Waals surface area (Å²) < 4.78 is 13.4. The molecule has 8 nitrogen and oxygen atoms in total. The van der Waals surface area contributed by atoms with E-state index in [-0.39, 0.29) is 5.91 Å². The number of morpholine rings is 1. The van der Waals surface area contributed by atoms with E-state index < -0.39 is 11.7 Å². The van der Waals surface area contributed by atoms with Crippen LogP contribution in [-0.4, -0.2) is 59.9 Å². The van der Waals surface area contributed by atoms with Crippen molar-refractivity contribution in [2.45, 2.75) is 51.7 Å². The molecule has 0 unspecified atom stereocenters. The number of fused-ring (bicyclic) bond motifs is 1. The molecule has 0 spiro atoms. The van der Waals surface area contributed by atoms with Crippen molar-refractivity contribution in [3.05, 3.63) is 71.2 Å². The fraction of sp³-hybridized carbons (Fsp3) is 0.394. The Kier molecular flexibility index (Phi) is 8.07. The number of hydrogen-bond donors (Lipinski definition) is 2. The predicted octanol–water partition coefficient (Wildman–Crippen LogP) is 7.18. The normalized spacial score (nSPS) is 16.0. The van der Waals surface area contributed by atoms with Gasteiger partial charge in [-0.15, -0.1) is 11.3 Å². The Morgan fingerprint density at radius 2 is 1.79 bits per heavy atom. The van der Waals surface area contributed by atoms with E-state index in [1.165, 1.54) is 18.5 Å². The maximum Gasteiger partial charge on any atom is 0.412 e. The van der Waals surface area contributed by atoms with Gasteiger partial charge in [-0.05, 0) is 92.9 Å². The molecule has 1 saturated heterocycles. The lowest BCUT2D eigenvalue weighted by atomic mass is 10.1. The van der Waals surface area contributed by atoms with Crippen LogP contribution in [-0.2, 0) is 16.0 Å². The van der Waals surface area contributed by atoms with E-state index in [1.807, 2.05) is 62.5 Å². The summed E-state index contributed by atoms with van der Waals surface area (Å²) in [6.07, 6.45) is 1.86. The Balaban J connectivity index is 1.25. The molecular weight excluding hydrogens is 548 g/mol. The SMILES string of the molecule is CC(C)(C)OC(=O)Nc1ccc(-c2cccs2)cc1NC(=O)c1ccc2c(c1)cc(C1CC1)n2CCN1CCOCC1. The van der Waals surface area contributed by atoms with Crippen LogP contribution in [0, 0.1) is 0 Å². The van der Waals surface area contributed by atoms with Crippen molar-refractivity contribution < 1.29 is 19.1 Å². The molecule has 1 aliphatic heterocycles. The molecule has 42 heavy (non-hydrogen) atoms. The maximum absolute atomic E-state index is 13.6. The number of thiophene rings is 1. The third-order valence-electron chi connectivity index (χ3n) is 7.64. The smallest absolute Gasteiger partial charge is 0.412 e. The van der Waals surface area contributed by atoms with Gasteiger partial charge in [-0.1, -0.05) is 12.1 Å². The largest absolute Gasteiger partial charge is 0.444 e. The number of hydrogen-bond acceptors (Lipinski definition) is 6. The van der Waals surface area contributed by atoms with Gasteiger partial charge in [-0.3, -0.25) is 15.0 Å². The minimum absolute atomic E-state index is 0.235. The first-order chi connectivity index (χ1) is 20.2. The minimum Gasteiger partial charge on any atom is -0.444 e. The van der Waals surface area contributed by atoms with Crippen LogP contribution in [0.2, 0.25) is 0 Å². The fourth-order valence-electron chi connectivity index (χ4n) is 5.43. The average molecular weight is 587 g/mol. The predicted molar refractivity (Wildman–Crippen MR) is 169 cm³/mol. The Morgan fingerprint density at radius 3 is 2.50 bits per heavy atom. The average Bonchev–Trinajstić information content (AvgIpc) is 3.52. The number of amides is 2. The Bertz CT molecular complexity index is 1580. The van der Waals surface area contributed by atoms with Crippen molar-refractivity contribution in [2.24, 2.45) is 0 Å². The van der Waals surface area contributed by atoms with Crippen LogP contribution in [0.3, 0.4) is 0 Å². The first-order valence-corrected chi connectivity index (χ1v) is 15.5. The molecule has 1 saturated carbocycles. The lowest BCUT2D eigenvalue weighted by molar-refractivity contribution is 0.0364. The molecule has 2 aromatic carbocycles. The topological polar surface area (TPSA) is 84.8 Å². The van der Waals surface area contributed by atoms with Crippen molar-refractivity contribution in [1.82, 2.24) is 9.47 Å². The van der Waals surface area contributed by atoms with E-state index in [4.69, 9.17) is 9.47 Å². The number of nitrogens with zero attached hydrogens (tertiary/aromatic N) is 2. The van der Waals surface area contributed by atoms with Gasteiger partial charge < -0.3 is 19.4 Å². The molecule has 3 heterocycles. The highest BCUT2D eigenvalue weighted by Gasteiger charge is 2.28. The number of nitrogens with one attached hydrogen (secondary N) is 2. The summed E-state index contributed by atoms with van der Waals surface area (Å²) in [6, 6.07) is 17.8. The Morgan fingerprint density at radius 1 is 0.976 bits per heavy atom. The molecule has 1 aliphatic carbocycles. The molecule has 2 N–H and O–H groups in total. The van der Waals surface area contributed by atoms with Gasteiger partial charge in [0.25, 0.3) is 5.91 Å². The van der Waals surface area contributed by atoms with E-state index in [0.717, 1.165) is 60.7 Å². The van der Waals surface area contributed by atoms with E-state index in [2.05, 4.69) is 32.2 Å². The Hall–Kier alpha value is -3.66. The zero-order valence-electron chi connectivity index (χ0n) is 24.4. The quantitative estimate of drug-likeness (QED) is 0.229. The van der Waals surface area contributed by atoms with Crippen LogP contribution in [0.5, 0.6) is 0 Å². The molecule has 2 aromatic heterocycles. The summed E-state index contributed by atoms with van der Waals surface area (Å²) in [7, 11) is 0. The van der Waals surface area contributed by atoms with Gasteiger partial charge in [0.05, 0.1) is 24.6 Å². The summed E-state index contributed by atoms with van der Waals surface area (Å²) in [5, 5.41) is 8.95. The lowest BCUT2D eigenvalue weighted by Gasteiger charge is -2.27. The van der Waals surface area contributed by atoms with Gasteiger partial charge in [-0.2, -0.15) is 0 Å². The van der Waals surface area contributed by atoms with Gasteiger partial charge in [0.2, 0.25) is 0 Å². The van der Waals surface area contributed by atoms with Crippen LogP contribution in [0.4, 0.5) is 16.2 Å². The van der Waals surface area contributed by atoms with Crippen LogP contribution < -0.4 is 10.6 Å². The summed E-state index contributed by atoms with van der Waals surface area (Å²) in [6.45, 7) is 10.9. The van der Waals surface area contributed by atoms with Crippen molar-refractivity contribution >= 4 is 45.6 Å². The maximum atomic E-state index is 13.6. The minimum atomic E-state index is -0.641. The van der Waals surface area contributed by atoms with E-state index in [1.54, 1.807) is 17.4 Å². The summed E-state index contributed by atoms with van der Waals surface area (Å²) in [5.74, 6) is 0.363. The van der Waals surface area contributed by atoms with Crippen LogP contribution >= 0.6 is 11.3 Å². The number of rotatable bonds is 8. The monoisotopic (exact) mass is 586 g/mol. The standard InChI is InChI=1S/C33H38N4O4S/c1-33(2,3)41-32(39)35-26-10-8-23(30-5-4-18-42-30)20-27(26)34-31(38)24-9-11-28-25(19-24)21-29(22-6-7-22)37(28)13-12-36-14-16-40-17-15-36/h4-5,8-11,18-22H,6-7,12-17H2,1-3H3,(H,34,38)(H,35,39).